The summed E-state index contributed by atoms with van der Waals surface area (Å²) in [5.74, 6) is -1.22. The van der Waals surface area contributed by atoms with Crippen molar-refractivity contribution >= 4 is 11.9 Å². The van der Waals surface area contributed by atoms with E-state index in [0.29, 0.717) is 0 Å². The number of hydrogen-bond acceptors (Lipinski definition) is 4. The van der Waals surface area contributed by atoms with E-state index in [4.69, 9.17) is 4.74 Å². The van der Waals surface area contributed by atoms with E-state index in [-0.39, 0.29) is 6.61 Å². The molecule has 0 saturated heterocycles. The number of carbonyl (C=O) groups excluding carboxylic acids is 2. The van der Waals surface area contributed by atoms with Crippen LogP contribution in [0.2, 0.25) is 0 Å². The molecule has 0 bridgehead atoms. The molecule has 0 N–H and O–H groups in total. The number of carbonyl (C=O) groups is 2. The summed E-state index contributed by atoms with van der Waals surface area (Å²) in [7, 11) is 1.23. The van der Waals surface area contributed by atoms with E-state index in [2.05, 4.69) is 11.3 Å². The molecule has 0 spiro atoms. The zero-order valence-electron chi connectivity index (χ0n) is 8.12. The minimum absolute atomic E-state index is 0.0965. The fourth-order valence-corrected chi connectivity index (χ4v) is 0.654. The summed E-state index contributed by atoms with van der Waals surface area (Å²) in [6.07, 6.45) is 1.44. The average Bonchev–Trinajstić information content (AvgIpc) is 2.12. The molecule has 0 radical (unpaired) electrons. The quantitative estimate of drug-likeness (QED) is 0.372. The highest BCUT2D eigenvalue weighted by atomic mass is 16.5. The van der Waals surface area contributed by atoms with Crippen LogP contribution >= 0.6 is 0 Å². The lowest BCUT2D eigenvalue weighted by molar-refractivity contribution is -0.167. The molecule has 0 amide bonds. The van der Waals surface area contributed by atoms with Crippen molar-refractivity contribution in [3.05, 3.63) is 12.7 Å². The molecule has 0 aliphatic carbocycles. The van der Waals surface area contributed by atoms with Gasteiger partial charge in [0.25, 0.3) is 0 Å². The van der Waals surface area contributed by atoms with Gasteiger partial charge in [0.05, 0.1) is 7.11 Å². The third-order valence-corrected chi connectivity index (χ3v) is 1.54. The van der Waals surface area contributed by atoms with Crippen molar-refractivity contribution in [1.29, 1.82) is 0 Å². The van der Waals surface area contributed by atoms with Crippen LogP contribution < -0.4 is 0 Å². The van der Waals surface area contributed by atoms with Gasteiger partial charge in [-0.2, -0.15) is 0 Å². The second kappa shape index (κ2) is 4.64. The van der Waals surface area contributed by atoms with Gasteiger partial charge in [-0.15, -0.1) is 0 Å². The highest BCUT2D eigenvalue weighted by Crippen LogP contribution is 2.18. The van der Waals surface area contributed by atoms with Gasteiger partial charge in [0.15, 0.2) is 5.41 Å². The smallest absolute Gasteiger partial charge is 0.323 e. The fraction of sp³-hybridized carbons (Fsp3) is 0.556. The molecule has 0 aliphatic heterocycles. The molecule has 0 aromatic rings. The minimum Gasteiger partial charge on any atom is -0.468 e. The first-order valence-corrected chi connectivity index (χ1v) is 3.83. The Morgan fingerprint density at radius 2 is 1.92 bits per heavy atom. The van der Waals surface area contributed by atoms with Gasteiger partial charge in [0.1, 0.15) is 6.61 Å². The van der Waals surface area contributed by atoms with Crippen LogP contribution in [0.15, 0.2) is 12.7 Å². The number of esters is 2. The maximum Gasteiger partial charge on any atom is 0.323 e. The Balaban J connectivity index is 4.35. The van der Waals surface area contributed by atoms with E-state index in [9.17, 15) is 9.59 Å². The van der Waals surface area contributed by atoms with E-state index < -0.39 is 17.4 Å². The molecule has 0 aromatic carbocycles. The van der Waals surface area contributed by atoms with E-state index in [0.717, 1.165) is 0 Å². The highest BCUT2D eigenvalue weighted by molar-refractivity contribution is 5.99. The summed E-state index contributed by atoms with van der Waals surface area (Å²) in [4.78, 5) is 22.3. The SMILES string of the molecule is C=CCOC(=O)C(C)(C)C(=O)OC. The summed E-state index contributed by atoms with van der Waals surface area (Å²) < 4.78 is 9.17. The summed E-state index contributed by atoms with van der Waals surface area (Å²) in [5, 5.41) is 0. The van der Waals surface area contributed by atoms with Gasteiger partial charge in [0.2, 0.25) is 0 Å². The molecule has 74 valence electrons. The third-order valence-electron chi connectivity index (χ3n) is 1.54. The minimum atomic E-state index is -1.25. The molecule has 0 aromatic heterocycles. The second-order valence-electron chi connectivity index (χ2n) is 3.00. The number of hydrogen-bond donors (Lipinski definition) is 0. The lowest BCUT2D eigenvalue weighted by atomic mass is 9.94. The van der Waals surface area contributed by atoms with Gasteiger partial charge in [-0.25, -0.2) is 0 Å². The maximum atomic E-state index is 11.3. The van der Waals surface area contributed by atoms with Crippen molar-refractivity contribution in [2.45, 2.75) is 13.8 Å². The molecule has 4 heteroatoms. The van der Waals surface area contributed by atoms with Crippen molar-refractivity contribution in [3.8, 4) is 0 Å². The first kappa shape index (κ1) is 11.7. The highest BCUT2D eigenvalue weighted by Gasteiger charge is 2.38. The van der Waals surface area contributed by atoms with Gasteiger partial charge in [-0.05, 0) is 13.8 Å². The first-order valence-electron chi connectivity index (χ1n) is 3.83. The van der Waals surface area contributed by atoms with Crippen molar-refractivity contribution in [2.75, 3.05) is 13.7 Å². The van der Waals surface area contributed by atoms with Gasteiger partial charge in [-0.1, -0.05) is 12.7 Å². The van der Waals surface area contributed by atoms with Crippen LogP contribution in [0.1, 0.15) is 13.8 Å². The summed E-state index contributed by atoms with van der Waals surface area (Å²) >= 11 is 0. The van der Waals surface area contributed by atoms with Gasteiger partial charge < -0.3 is 9.47 Å². The Labute approximate surface area is 77.5 Å². The second-order valence-corrected chi connectivity index (χ2v) is 3.00. The van der Waals surface area contributed by atoms with Crippen molar-refractivity contribution < 1.29 is 19.1 Å². The van der Waals surface area contributed by atoms with Crippen LogP contribution in [0.5, 0.6) is 0 Å². The zero-order chi connectivity index (χ0) is 10.5. The van der Waals surface area contributed by atoms with E-state index in [1.54, 1.807) is 0 Å². The van der Waals surface area contributed by atoms with Crippen LogP contribution in [0.3, 0.4) is 0 Å². The van der Waals surface area contributed by atoms with Crippen LogP contribution in [0.4, 0.5) is 0 Å². The average molecular weight is 186 g/mol. The van der Waals surface area contributed by atoms with Crippen LogP contribution in [0, 0.1) is 5.41 Å². The number of ether oxygens (including phenoxy) is 2. The van der Waals surface area contributed by atoms with Crippen molar-refractivity contribution in [3.63, 3.8) is 0 Å². The molecule has 0 atom stereocenters. The first-order chi connectivity index (χ1) is 5.96. The number of methoxy groups -OCH3 is 1. The summed E-state index contributed by atoms with van der Waals surface area (Å²) in [6, 6.07) is 0. The Morgan fingerprint density at radius 3 is 2.31 bits per heavy atom. The van der Waals surface area contributed by atoms with E-state index >= 15 is 0 Å². The molecular weight excluding hydrogens is 172 g/mol. The predicted molar refractivity (Wildman–Crippen MR) is 47.0 cm³/mol. The van der Waals surface area contributed by atoms with Crippen molar-refractivity contribution in [2.24, 2.45) is 5.41 Å². The Bertz CT molecular complexity index is 218. The molecular formula is C9H14O4. The van der Waals surface area contributed by atoms with E-state index in [1.807, 2.05) is 0 Å². The van der Waals surface area contributed by atoms with Gasteiger partial charge in [0, 0.05) is 0 Å². The lowest BCUT2D eigenvalue weighted by Crippen LogP contribution is -2.36. The molecule has 0 heterocycles. The Morgan fingerprint density at radius 1 is 1.38 bits per heavy atom. The summed E-state index contributed by atoms with van der Waals surface area (Å²) in [6.45, 7) is 6.38. The molecule has 4 nitrogen and oxygen atoms in total. The molecule has 0 rings (SSSR count). The van der Waals surface area contributed by atoms with Crippen LogP contribution in [0.25, 0.3) is 0 Å². The van der Waals surface area contributed by atoms with Gasteiger partial charge in [-0.3, -0.25) is 9.59 Å². The topological polar surface area (TPSA) is 52.6 Å². The third kappa shape index (κ3) is 2.89. The Kier molecular flexibility index (Phi) is 4.17. The predicted octanol–water partition coefficient (Wildman–Crippen LogP) is 0.915. The van der Waals surface area contributed by atoms with E-state index in [1.165, 1.54) is 27.0 Å². The van der Waals surface area contributed by atoms with Crippen molar-refractivity contribution in [1.82, 2.24) is 0 Å². The normalized spacial score (nSPS) is 10.4. The molecule has 0 saturated carbocycles. The zero-order valence-corrected chi connectivity index (χ0v) is 8.12. The fourth-order valence-electron chi connectivity index (χ4n) is 0.654. The maximum absolute atomic E-state index is 11.3. The summed E-state index contributed by atoms with van der Waals surface area (Å²) in [5.41, 5.74) is -1.25. The van der Waals surface area contributed by atoms with Gasteiger partial charge >= 0.3 is 11.9 Å². The van der Waals surface area contributed by atoms with Crippen LogP contribution in [-0.2, 0) is 19.1 Å². The molecule has 13 heavy (non-hydrogen) atoms. The van der Waals surface area contributed by atoms with Crippen LogP contribution in [-0.4, -0.2) is 25.7 Å². The molecule has 0 fully saturated rings. The molecule has 0 unspecified atom stereocenters. The molecule has 0 aliphatic rings. The number of rotatable bonds is 4. The lowest BCUT2D eigenvalue weighted by Gasteiger charge is -2.18. The monoisotopic (exact) mass is 186 g/mol. The largest absolute Gasteiger partial charge is 0.468 e. The standard InChI is InChI=1S/C9H14O4/c1-5-6-13-8(11)9(2,3)7(10)12-4/h5H,1,6H2,2-4H3. The Hall–Kier alpha value is -1.32.